The van der Waals surface area contributed by atoms with Crippen molar-refractivity contribution < 1.29 is 8.78 Å². The molecule has 0 spiro atoms. The predicted molar refractivity (Wildman–Crippen MR) is 81.8 cm³/mol. The van der Waals surface area contributed by atoms with Gasteiger partial charge in [0.1, 0.15) is 17.5 Å². The van der Waals surface area contributed by atoms with E-state index in [1.165, 1.54) is 12.8 Å². The van der Waals surface area contributed by atoms with Crippen LogP contribution in [0.4, 0.5) is 20.4 Å². The summed E-state index contributed by atoms with van der Waals surface area (Å²) in [6, 6.07) is 0.527. The van der Waals surface area contributed by atoms with Crippen molar-refractivity contribution in [1.82, 2.24) is 9.97 Å². The second kappa shape index (κ2) is 5.03. The van der Waals surface area contributed by atoms with Gasteiger partial charge >= 0.3 is 0 Å². The van der Waals surface area contributed by atoms with Gasteiger partial charge in [-0.05, 0) is 32.6 Å². The van der Waals surface area contributed by atoms with Gasteiger partial charge in [0.05, 0.1) is 0 Å². The summed E-state index contributed by atoms with van der Waals surface area (Å²) >= 11 is 0. The van der Waals surface area contributed by atoms with E-state index in [2.05, 4.69) is 5.32 Å². The van der Waals surface area contributed by atoms with E-state index >= 15 is 0 Å². The van der Waals surface area contributed by atoms with Gasteiger partial charge < -0.3 is 10.2 Å². The van der Waals surface area contributed by atoms with Crippen LogP contribution in [0.5, 0.6) is 0 Å². The fourth-order valence-corrected chi connectivity index (χ4v) is 2.96. The summed E-state index contributed by atoms with van der Waals surface area (Å²) in [5.74, 6) is 0.597. The molecule has 0 radical (unpaired) electrons. The lowest BCUT2D eigenvalue weighted by atomic mass is 10.1. The van der Waals surface area contributed by atoms with Crippen LogP contribution in [0.25, 0.3) is 0 Å². The Morgan fingerprint density at radius 3 is 2.36 bits per heavy atom. The van der Waals surface area contributed by atoms with Crippen molar-refractivity contribution in [3.8, 4) is 0 Å². The normalized spacial score (nSPS) is 24.4. The molecular formula is C16H22F2N4. The zero-order chi connectivity index (χ0) is 15.3. The minimum Gasteiger partial charge on any atom is -0.367 e. The summed E-state index contributed by atoms with van der Waals surface area (Å²) in [6.45, 7) is 2.75. The second-order valence-electron chi connectivity index (χ2n) is 6.91. The number of nitrogens with one attached hydrogen (secondary N) is 1. The van der Waals surface area contributed by atoms with E-state index < -0.39 is 5.92 Å². The highest BCUT2D eigenvalue weighted by atomic mass is 19.3. The molecule has 1 aliphatic heterocycles. The average Bonchev–Trinajstić information content (AvgIpc) is 3.35. The van der Waals surface area contributed by atoms with E-state index in [1.54, 1.807) is 0 Å². The maximum atomic E-state index is 13.4. The van der Waals surface area contributed by atoms with E-state index in [0.29, 0.717) is 25.0 Å². The standard InChI is InChI=1S/C16H22F2N4/c1-10-13(19-12-4-5-12)20-14(11-2-3-11)21-15(10)22-8-6-16(17,18)7-9-22/h11-12H,2-9H2,1H3,(H,19,20,21). The van der Waals surface area contributed by atoms with Crippen LogP contribution in [0.2, 0.25) is 0 Å². The van der Waals surface area contributed by atoms with Crippen LogP contribution in [0.1, 0.15) is 55.8 Å². The molecule has 2 heterocycles. The van der Waals surface area contributed by atoms with Gasteiger partial charge in [-0.1, -0.05) is 0 Å². The molecule has 0 atom stereocenters. The summed E-state index contributed by atoms with van der Waals surface area (Å²) in [5.41, 5.74) is 1.00. The number of hydrogen-bond donors (Lipinski definition) is 1. The van der Waals surface area contributed by atoms with Crippen LogP contribution in [-0.4, -0.2) is 35.0 Å². The molecule has 0 bridgehead atoms. The third kappa shape index (κ3) is 2.88. The number of piperidine rings is 1. The second-order valence-corrected chi connectivity index (χ2v) is 6.91. The smallest absolute Gasteiger partial charge is 0.251 e. The van der Waals surface area contributed by atoms with Crippen LogP contribution in [-0.2, 0) is 0 Å². The quantitative estimate of drug-likeness (QED) is 0.924. The minimum atomic E-state index is -2.52. The van der Waals surface area contributed by atoms with Gasteiger partial charge in [0, 0.05) is 43.5 Å². The van der Waals surface area contributed by atoms with Crippen molar-refractivity contribution in [3.63, 3.8) is 0 Å². The highest BCUT2D eigenvalue weighted by Gasteiger charge is 2.36. The molecule has 22 heavy (non-hydrogen) atoms. The Kier molecular flexibility index (Phi) is 3.24. The van der Waals surface area contributed by atoms with Gasteiger partial charge in [-0.25, -0.2) is 18.7 Å². The molecule has 2 aliphatic carbocycles. The molecule has 3 fully saturated rings. The zero-order valence-electron chi connectivity index (χ0n) is 12.9. The zero-order valence-corrected chi connectivity index (χ0v) is 12.9. The molecule has 0 unspecified atom stereocenters. The van der Waals surface area contributed by atoms with Crippen LogP contribution in [0, 0.1) is 6.92 Å². The lowest BCUT2D eigenvalue weighted by Crippen LogP contribution is -2.40. The van der Waals surface area contributed by atoms with Crippen LogP contribution >= 0.6 is 0 Å². The molecular weight excluding hydrogens is 286 g/mol. The average molecular weight is 308 g/mol. The van der Waals surface area contributed by atoms with E-state index in [4.69, 9.17) is 9.97 Å². The maximum absolute atomic E-state index is 13.4. The van der Waals surface area contributed by atoms with Crippen LogP contribution in [0.15, 0.2) is 0 Å². The van der Waals surface area contributed by atoms with Gasteiger partial charge in [0.2, 0.25) is 0 Å². The van der Waals surface area contributed by atoms with Crippen molar-refractivity contribution >= 4 is 11.6 Å². The Hall–Kier alpha value is -1.46. The van der Waals surface area contributed by atoms with E-state index in [1.807, 2.05) is 11.8 Å². The van der Waals surface area contributed by atoms with Crippen LogP contribution in [0.3, 0.4) is 0 Å². The highest BCUT2D eigenvalue weighted by molar-refractivity contribution is 5.60. The molecule has 1 saturated heterocycles. The lowest BCUT2D eigenvalue weighted by molar-refractivity contribution is -0.0221. The largest absolute Gasteiger partial charge is 0.367 e. The highest BCUT2D eigenvalue weighted by Crippen LogP contribution is 2.41. The van der Waals surface area contributed by atoms with Crippen molar-refractivity contribution in [2.45, 2.75) is 63.3 Å². The van der Waals surface area contributed by atoms with Crippen LogP contribution < -0.4 is 10.2 Å². The van der Waals surface area contributed by atoms with Crippen molar-refractivity contribution in [2.24, 2.45) is 0 Å². The maximum Gasteiger partial charge on any atom is 0.251 e. The number of nitrogens with zero attached hydrogens (tertiary/aromatic N) is 3. The lowest BCUT2D eigenvalue weighted by Gasteiger charge is -2.33. The summed E-state index contributed by atoms with van der Waals surface area (Å²) in [6.07, 6.45) is 4.50. The molecule has 120 valence electrons. The Labute approximate surface area is 129 Å². The van der Waals surface area contributed by atoms with Crippen molar-refractivity contribution in [1.29, 1.82) is 0 Å². The summed E-state index contributed by atoms with van der Waals surface area (Å²) < 4.78 is 26.8. The minimum absolute atomic E-state index is 0.0827. The topological polar surface area (TPSA) is 41.1 Å². The fourth-order valence-electron chi connectivity index (χ4n) is 2.96. The van der Waals surface area contributed by atoms with Gasteiger partial charge in [-0.3, -0.25) is 0 Å². The molecule has 2 saturated carbocycles. The fraction of sp³-hybridized carbons (Fsp3) is 0.750. The van der Waals surface area contributed by atoms with Crippen molar-refractivity contribution in [3.05, 3.63) is 11.4 Å². The van der Waals surface area contributed by atoms with E-state index in [9.17, 15) is 8.78 Å². The van der Waals surface area contributed by atoms with Crippen molar-refractivity contribution in [2.75, 3.05) is 23.3 Å². The monoisotopic (exact) mass is 308 g/mol. The first kappa shape index (κ1) is 14.2. The molecule has 0 amide bonds. The summed E-state index contributed by atoms with van der Waals surface area (Å²) in [5, 5.41) is 3.48. The molecule has 0 aromatic carbocycles. The third-order valence-corrected chi connectivity index (χ3v) is 4.79. The molecule has 1 N–H and O–H groups in total. The van der Waals surface area contributed by atoms with Gasteiger partial charge in [-0.15, -0.1) is 0 Å². The molecule has 4 nitrogen and oxygen atoms in total. The molecule has 1 aromatic rings. The van der Waals surface area contributed by atoms with E-state index in [0.717, 1.165) is 35.9 Å². The first-order valence-electron chi connectivity index (χ1n) is 8.30. The molecule has 1 aromatic heterocycles. The summed E-state index contributed by atoms with van der Waals surface area (Å²) in [4.78, 5) is 11.4. The number of aromatic nitrogens is 2. The number of alkyl halides is 2. The first-order valence-corrected chi connectivity index (χ1v) is 8.30. The van der Waals surface area contributed by atoms with E-state index in [-0.39, 0.29) is 12.8 Å². The Morgan fingerprint density at radius 2 is 1.77 bits per heavy atom. The predicted octanol–water partition coefficient (Wildman–Crippen LogP) is 3.47. The summed E-state index contributed by atoms with van der Waals surface area (Å²) in [7, 11) is 0. The first-order chi connectivity index (χ1) is 10.5. The van der Waals surface area contributed by atoms with Gasteiger partial charge in [0.25, 0.3) is 5.92 Å². The molecule has 3 aliphatic rings. The SMILES string of the molecule is Cc1c(NC2CC2)nc(C2CC2)nc1N1CCC(F)(F)CC1. The molecule has 6 heteroatoms. The molecule has 4 rings (SSSR count). The number of rotatable bonds is 4. The Morgan fingerprint density at radius 1 is 1.09 bits per heavy atom. The van der Waals surface area contributed by atoms with Gasteiger partial charge in [0.15, 0.2) is 0 Å². The van der Waals surface area contributed by atoms with Gasteiger partial charge in [-0.2, -0.15) is 0 Å². The number of halogens is 2. The number of anilines is 2. The Bertz CT molecular complexity index is 572. The third-order valence-electron chi connectivity index (χ3n) is 4.79. The number of hydrogen-bond acceptors (Lipinski definition) is 4. The Balaban J connectivity index is 1.63.